The molecule has 0 heterocycles. The molecule has 1 aliphatic rings. The highest BCUT2D eigenvalue weighted by atomic mass is 32.2. The first-order valence-corrected chi connectivity index (χ1v) is 8.58. The average Bonchev–Trinajstić information content (AvgIpc) is 2.48. The Balaban J connectivity index is 1.88. The molecule has 0 radical (unpaired) electrons. The van der Waals surface area contributed by atoms with Gasteiger partial charge in [0.1, 0.15) is 0 Å². The molecule has 1 saturated carbocycles. The quantitative estimate of drug-likeness (QED) is 0.661. The zero-order chi connectivity index (χ0) is 14.4. The number of hydrogen-bond acceptors (Lipinski definition) is 3. The summed E-state index contributed by atoms with van der Waals surface area (Å²) >= 11 is 6.84. The highest BCUT2D eigenvalue weighted by molar-refractivity contribution is 7.98. The van der Waals surface area contributed by atoms with Crippen LogP contribution in [0.2, 0.25) is 0 Å². The van der Waals surface area contributed by atoms with Gasteiger partial charge in [-0.1, -0.05) is 37.5 Å². The first-order chi connectivity index (χ1) is 9.69. The van der Waals surface area contributed by atoms with Crippen LogP contribution in [0, 0.1) is 0 Å². The van der Waals surface area contributed by atoms with Gasteiger partial charge in [-0.3, -0.25) is 4.79 Å². The van der Waals surface area contributed by atoms with E-state index in [-0.39, 0.29) is 5.91 Å². The Bertz CT molecular complexity index is 485. The standard InChI is InChI=1S/C15H20N2OS2/c1-20-13-9-5-8-12(10-13)16-14(18)15(19)17-11-6-3-2-4-7-11/h5,8-11H,2-4,6-7H2,1H3,(H,16,18)(H,17,19). The number of amides is 1. The monoisotopic (exact) mass is 308 g/mol. The van der Waals surface area contributed by atoms with Crippen LogP contribution in [-0.2, 0) is 4.79 Å². The smallest absolute Gasteiger partial charge is 0.283 e. The number of anilines is 1. The van der Waals surface area contributed by atoms with E-state index in [1.54, 1.807) is 11.8 Å². The Morgan fingerprint density at radius 2 is 2.05 bits per heavy atom. The second kappa shape index (κ2) is 7.64. The fourth-order valence-corrected chi connectivity index (χ4v) is 3.06. The molecule has 0 atom stereocenters. The van der Waals surface area contributed by atoms with Gasteiger partial charge in [-0.2, -0.15) is 0 Å². The van der Waals surface area contributed by atoms with E-state index in [0.717, 1.165) is 23.4 Å². The molecule has 0 saturated heterocycles. The number of rotatable bonds is 3. The van der Waals surface area contributed by atoms with Crippen molar-refractivity contribution in [3.05, 3.63) is 24.3 Å². The maximum Gasteiger partial charge on any atom is 0.283 e. The van der Waals surface area contributed by atoms with Crippen LogP contribution < -0.4 is 10.6 Å². The van der Waals surface area contributed by atoms with E-state index in [1.807, 2.05) is 30.5 Å². The predicted octanol–water partition coefficient (Wildman–Crippen LogP) is 3.60. The van der Waals surface area contributed by atoms with Gasteiger partial charge in [0, 0.05) is 16.6 Å². The Labute approximate surface area is 129 Å². The molecule has 0 spiro atoms. The van der Waals surface area contributed by atoms with Crippen LogP contribution in [0.25, 0.3) is 0 Å². The van der Waals surface area contributed by atoms with Crippen molar-refractivity contribution in [3.8, 4) is 0 Å². The maximum absolute atomic E-state index is 12.1. The Kier molecular flexibility index (Phi) is 5.86. The first kappa shape index (κ1) is 15.3. The summed E-state index contributed by atoms with van der Waals surface area (Å²) in [6.45, 7) is 0. The summed E-state index contributed by atoms with van der Waals surface area (Å²) in [4.78, 5) is 13.5. The molecule has 1 fully saturated rings. The largest absolute Gasteiger partial charge is 0.369 e. The van der Waals surface area contributed by atoms with Crippen molar-refractivity contribution >= 4 is 40.6 Å². The van der Waals surface area contributed by atoms with E-state index in [1.165, 1.54) is 19.3 Å². The molecule has 108 valence electrons. The number of thioether (sulfide) groups is 1. The highest BCUT2D eigenvalue weighted by Crippen LogP contribution is 2.19. The fraction of sp³-hybridized carbons (Fsp3) is 0.467. The van der Waals surface area contributed by atoms with Gasteiger partial charge in [0.2, 0.25) is 0 Å². The highest BCUT2D eigenvalue weighted by Gasteiger charge is 2.17. The molecule has 3 nitrogen and oxygen atoms in total. The molecule has 0 unspecified atom stereocenters. The van der Waals surface area contributed by atoms with Gasteiger partial charge in [-0.25, -0.2) is 0 Å². The summed E-state index contributed by atoms with van der Waals surface area (Å²) in [5.74, 6) is -0.219. The Hall–Kier alpha value is -1.07. The second-order valence-corrected chi connectivity index (χ2v) is 6.28. The minimum absolute atomic E-state index is 0.219. The third kappa shape index (κ3) is 4.49. The van der Waals surface area contributed by atoms with Gasteiger partial charge in [0.05, 0.1) is 0 Å². The first-order valence-electron chi connectivity index (χ1n) is 6.95. The van der Waals surface area contributed by atoms with Gasteiger partial charge in [-0.15, -0.1) is 11.8 Å². The van der Waals surface area contributed by atoms with Crippen molar-refractivity contribution in [2.45, 2.75) is 43.0 Å². The van der Waals surface area contributed by atoms with Crippen LogP contribution in [0.4, 0.5) is 5.69 Å². The van der Waals surface area contributed by atoms with E-state index in [2.05, 4.69) is 10.6 Å². The van der Waals surface area contributed by atoms with Gasteiger partial charge in [0.15, 0.2) is 4.99 Å². The predicted molar refractivity (Wildman–Crippen MR) is 89.5 cm³/mol. The molecule has 0 aliphatic heterocycles. The van der Waals surface area contributed by atoms with Crippen LogP contribution in [-0.4, -0.2) is 23.2 Å². The summed E-state index contributed by atoms with van der Waals surface area (Å²) in [5.41, 5.74) is 0.787. The molecule has 20 heavy (non-hydrogen) atoms. The van der Waals surface area contributed by atoms with Crippen LogP contribution in [0.15, 0.2) is 29.2 Å². The number of thiocarbonyl (C=S) groups is 1. The zero-order valence-electron chi connectivity index (χ0n) is 11.6. The van der Waals surface area contributed by atoms with E-state index in [0.29, 0.717) is 11.0 Å². The lowest BCUT2D eigenvalue weighted by Crippen LogP contribution is -2.41. The van der Waals surface area contributed by atoms with Crippen molar-refractivity contribution in [1.82, 2.24) is 5.32 Å². The summed E-state index contributed by atoms with van der Waals surface area (Å²) < 4.78 is 0. The maximum atomic E-state index is 12.1. The molecule has 1 amide bonds. The molecular formula is C15H20N2OS2. The van der Waals surface area contributed by atoms with Crippen molar-refractivity contribution in [2.24, 2.45) is 0 Å². The fourth-order valence-electron chi connectivity index (χ4n) is 2.39. The summed E-state index contributed by atoms with van der Waals surface area (Å²) in [6, 6.07) is 8.13. The number of nitrogens with one attached hydrogen (secondary N) is 2. The van der Waals surface area contributed by atoms with Crippen LogP contribution >= 0.6 is 24.0 Å². The normalized spacial score (nSPS) is 15.7. The van der Waals surface area contributed by atoms with Crippen molar-refractivity contribution < 1.29 is 4.79 Å². The molecule has 5 heteroatoms. The third-order valence-electron chi connectivity index (χ3n) is 3.47. The topological polar surface area (TPSA) is 41.1 Å². The van der Waals surface area contributed by atoms with Crippen molar-refractivity contribution in [3.63, 3.8) is 0 Å². The summed E-state index contributed by atoms with van der Waals surface area (Å²) in [6.07, 6.45) is 7.95. The lowest BCUT2D eigenvalue weighted by molar-refractivity contribution is -0.110. The molecule has 1 aromatic rings. The van der Waals surface area contributed by atoms with Crippen LogP contribution in [0.5, 0.6) is 0 Å². The molecule has 2 rings (SSSR count). The molecule has 2 N–H and O–H groups in total. The molecule has 1 aromatic carbocycles. The van der Waals surface area contributed by atoms with E-state index in [9.17, 15) is 4.79 Å². The second-order valence-electron chi connectivity index (χ2n) is 4.99. The van der Waals surface area contributed by atoms with Gasteiger partial charge >= 0.3 is 0 Å². The van der Waals surface area contributed by atoms with Gasteiger partial charge in [0.25, 0.3) is 5.91 Å². The van der Waals surface area contributed by atoms with E-state index in [4.69, 9.17) is 12.2 Å². The number of hydrogen-bond donors (Lipinski definition) is 2. The van der Waals surface area contributed by atoms with Crippen molar-refractivity contribution in [2.75, 3.05) is 11.6 Å². The summed E-state index contributed by atoms with van der Waals surface area (Å²) in [7, 11) is 0. The molecule has 0 bridgehead atoms. The third-order valence-corrected chi connectivity index (χ3v) is 4.50. The zero-order valence-corrected chi connectivity index (χ0v) is 13.3. The van der Waals surface area contributed by atoms with Crippen LogP contribution in [0.3, 0.4) is 0 Å². The lowest BCUT2D eigenvalue weighted by Gasteiger charge is -2.23. The Morgan fingerprint density at radius 1 is 1.30 bits per heavy atom. The van der Waals surface area contributed by atoms with Gasteiger partial charge < -0.3 is 10.6 Å². The molecule has 0 aromatic heterocycles. The van der Waals surface area contributed by atoms with E-state index < -0.39 is 0 Å². The number of benzene rings is 1. The molecule has 1 aliphatic carbocycles. The average molecular weight is 308 g/mol. The minimum Gasteiger partial charge on any atom is -0.369 e. The number of carbonyl (C=O) groups excluding carboxylic acids is 1. The van der Waals surface area contributed by atoms with E-state index >= 15 is 0 Å². The molecular weight excluding hydrogens is 288 g/mol. The lowest BCUT2D eigenvalue weighted by atomic mass is 9.95. The SMILES string of the molecule is CSc1cccc(NC(=O)C(=S)NC2CCCCC2)c1. The summed E-state index contributed by atoms with van der Waals surface area (Å²) in [5, 5.41) is 6.03. The van der Waals surface area contributed by atoms with Crippen LogP contribution in [0.1, 0.15) is 32.1 Å². The van der Waals surface area contributed by atoms with Gasteiger partial charge in [-0.05, 0) is 37.3 Å². The number of carbonyl (C=O) groups is 1. The van der Waals surface area contributed by atoms with Crippen molar-refractivity contribution in [1.29, 1.82) is 0 Å². The minimum atomic E-state index is -0.219. The Morgan fingerprint density at radius 3 is 2.75 bits per heavy atom.